The van der Waals surface area contributed by atoms with Crippen molar-refractivity contribution >= 4 is 5.91 Å². The first-order valence-electron chi connectivity index (χ1n) is 5.44. The molecule has 3 unspecified atom stereocenters. The Morgan fingerprint density at radius 3 is 3.18 bits per heavy atom. The Labute approximate surface area is 97.8 Å². The number of nitrogens with zero attached hydrogens (tertiary/aromatic N) is 1. The zero-order chi connectivity index (χ0) is 12.3. The third-order valence-corrected chi connectivity index (χ3v) is 2.73. The number of hydrogen-bond donors (Lipinski definition) is 4. The predicted molar refractivity (Wildman–Crippen MR) is 57.3 cm³/mol. The highest BCUT2D eigenvalue weighted by Crippen LogP contribution is 2.14. The zero-order valence-electron chi connectivity index (χ0n) is 9.17. The van der Waals surface area contributed by atoms with E-state index in [9.17, 15) is 15.0 Å². The van der Waals surface area contributed by atoms with Gasteiger partial charge in [0.25, 0.3) is 5.91 Å². The maximum Gasteiger partial charge on any atom is 0.269 e. The third kappa shape index (κ3) is 2.82. The van der Waals surface area contributed by atoms with Crippen molar-refractivity contribution in [2.75, 3.05) is 13.2 Å². The van der Waals surface area contributed by atoms with Crippen LogP contribution in [0.5, 0.6) is 0 Å². The normalized spacial score (nSPS) is 28.9. The van der Waals surface area contributed by atoms with Crippen LogP contribution in [-0.4, -0.2) is 57.8 Å². The number of nitrogens with one attached hydrogen (secondary N) is 2. The number of hydrogen-bond acceptors (Lipinski definition) is 5. The molecule has 0 saturated carbocycles. The smallest absolute Gasteiger partial charge is 0.269 e. The second-order valence-corrected chi connectivity index (χ2v) is 3.94. The van der Waals surface area contributed by atoms with Gasteiger partial charge in [0.15, 0.2) is 0 Å². The largest absolute Gasteiger partial charge is 0.390 e. The molecular weight excluding hydrogens is 226 g/mol. The SMILES string of the molecule is O=C(NCC1OCCC(O)C1O)c1ccn[nH]1. The summed E-state index contributed by atoms with van der Waals surface area (Å²) in [6, 6.07) is 1.54. The predicted octanol–water partition coefficient (Wildman–Crippen LogP) is -1.35. The topological polar surface area (TPSA) is 107 Å². The first kappa shape index (κ1) is 12.0. The summed E-state index contributed by atoms with van der Waals surface area (Å²) in [4.78, 5) is 11.6. The number of ether oxygens (including phenoxy) is 1. The molecule has 1 aliphatic heterocycles. The van der Waals surface area contributed by atoms with Crippen LogP contribution in [0.3, 0.4) is 0 Å². The van der Waals surface area contributed by atoms with Gasteiger partial charge in [0.2, 0.25) is 0 Å². The second-order valence-electron chi connectivity index (χ2n) is 3.94. The summed E-state index contributed by atoms with van der Waals surface area (Å²) < 4.78 is 5.28. The molecule has 1 aromatic rings. The molecule has 4 N–H and O–H groups in total. The molecule has 3 atom stereocenters. The molecule has 17 heavy (non-hydrogen) atoms. The number of carbonyl (C=O) groups excluding carboxylic acids is 1. The van der Waals surface area contributed by atoms with Gasteiger partial charge in [-0.2, -0.15) is 5.10 Å². The lowest BCUT2D eigenvalue weighted by molar-refractivity contribution is -0.132. The van der Waals surface area contributed by atoms with Gasteiger partial charge in [-0.3, -0.25) is 9.89 Å². The molecule has 0 aliphatic carbocycles. The van der Waals surface area contributed by atoms with Crippen LogP contribution in [0.25, 0.3) is 0 Å². The van der Waals surface area contributed by atoms with Gasteiger partial charge >= 0.3 is 0 Å². The van der Waals surface area contributed by atoms with Crippen molar-refractivity contribution in [3.8, 4) is 0 Å². The number of aromatic nitrogens is 2. The summed E-state index contributed by atoms with van der Waals surface area (Å²) in [7, 11) is 0. The number of amides is 1. The first-order valence-corrected chi connectivity index (χ1v) is 5.44. The van der Waals surface area contributed by atoms with Crippen molar-refractivity contribution < 1.29 is 19.7 Å². The second kappa shape index (κ2) is 5.26. The first-order chi connectivity index (χ1) is 8.18. The Bertz CT molecular complexity index is 368. The summed E-state index contributed by atoms with van der Waals surface area (Å²) in [5.41, 5.74) is 0.343. The van der Waals surface area contributed by atoms with E-state index in [2.05, 4.69) is 15.5 Å². The summed E-state index contributed by atoms with van der Waals surface area (Å²) in [6.07, 6.45) is -0.453. The van der Waals surface area contributed by atoms with Gasteiger partial charge in [-0.05, 0) is 12.5 Å². The van der Waals surface area contributed by atoms with Gasteiger partial charge in [0.1, 0.15) is 17.9 Å². The molecule has 0 bridgehead atoms. The monoisotopic (exact) mass is 241 g/mol. The standard InChI is InChI=1S/C10H15N3O4/c14-7-2-4-17-8(9(7)15)5-11-10(16)6-1-3-12-13-6/h1,3,7-9,14-15H,2,4-5H2,(H,11,16)(H,12,13). The average Bonchev–Trinajstić information content (AvgIpc) is 2.84. The van der Waals surface area contributed by atoms with E-state index >= 15 is 0 Å². The molecule has 2 rings (SSSR count). The molecular formula is C10H15N3O4. The molecule has 1 aliphatic rings. The molecule has 7 heteroatoms. The van der Waals surface area contributed by atoms with Gasteiger partial charge in [0, 0.05) is 19.3 Å². The van der Waals surface area contributed by atoms with Crippen LogP contribution >= 0.6 is 0 Å². The van der Waals surface area contributed by atoms with Crippen molar-refractivity contribution in [1.29, 1.82) is 0 Å². The third-order valence-electron chi connectivity index (χ3n) is 2.73. The highest BCUT2D eigenvalue weighted by atomic mass is 16.5. The molecule has 1 aromatic heterocycles. The van der Waals surface area contributed by atoms with Crippen molar-refractivity contribution in [3.05, 3.63) is 18.0 Å². The van der Waals surface area contributed by atoms with Gasteiger partial charge in [-0.25, -0.2) is 0 Å². The quantitative estimate of drug-likeness (QED) is 0.523. The van der Waals surface area contributed by atoms with Crippen molar-refractivity contribution in [3.63, 3.8) is 0 Å². The van der Waals surface area contributed by atoms with E-state index in [1.54, 1.807) is 6.07 Å². The van der Waals surface area contributed by atoms with Crippen LogP contribution in [0, 0.1) is 0 Å². The van der Waals surface area contributed by atoms with Crippen LogP contribution < -0.4 is 5.32 Å². The minimum absolute atomic E-state index is 0.149. The molecule has 0 spiro atoms. The van der Waals surface area contributed by atoms with E-state index in [4.69, 9.17) is 4.74 Å². The van der Waals surface area contributed by atoms with E-state index in [-0.39, 0.29) is 12.5 Å². The van der Waals surface area contributed by atoms with Gasteiger partial charge in [-0.1, -0.05) is 0 Å². The fourth-order valence-electron chi connectivity index (χ4n) is 1.71. The van der Waals surface area contributed by atoms with Crippen LogP contribution in [0.4, 0.5) is 0 Å². The average molecular weight is 241 g/mol. The number of rotatable bonds is 3. The van der Waals surface area contributed by atoms with Crippen LogP contribution in [-0.2, 0) is 4.74 Å². The number of aliphatic hydroxyl groups excluding tert-OH is 2. The van der Waals surface area contributed by atoms with Gasteiger partial charge in [-0.15, -0.1) is 0 Å². The summed E-state index contributed by atoms with van der Waals surface area (Å²) >= 11 is 0. The number of H-pyrrole nitrogens is 1. The van der Waals surface area contributed by atoms with Crippen molar-refractivity contribution in [2.24, 2.45) is 0 Å². The lowest BCUT2D eigenvalue weighted by Crippen LogP contribution is -2.49. The van der Waals surface area contributed by atoms with Crippen molar-refractivity contribution in [1.82, 2.24) is 15.5 Å². The van der Waals surface area contributed by atoms with Crippen LogP contribution in [0.2, 0.25) is 0 Å². The molecule has 0 aromatic carbocycles. The van der Waals surface area contributed by atoms with E-state index in [0.29, 0.717) is 18.7 Å². The van der Waals surface area contributed by atoms with Crippen LogP contribution in [0.1, 0.15) is 16.9 Å². The summed E-state index contributed by atoms with van der Waals surface area (Å²) in [5.74, 6) is -0.321. The van der Waals surface area contributed by atoms with E-state index in [0.717, 1.165) is 0 Å². The fraction of sp³-hybridized carbons (Fsp3) is 0.600. The Morgan fingerprint density at radius 1 is 1.65 bits per heavy atom. The van der Waals surface area contributed by atoms with E-state index in [1.807, 2.05) is 0 Å². The number of aromatic amines is 1. The fourth-order valence-corrected chi connectivity index (χ4v) is 1.71. The maximum absolute atomic E-state index is 11.6. The van der Waals surface area contributed by atoms with Gasteiger partial charge < -0.3 is 20.3 Å². The van der Waals surface area contributed by atoms with E-state index < -0.39 is 18.3 Å². The minimum Gasteiger partial charge on any atom is -0.390 e. The molecule has 1 fully saturated rings. The highest BCUT2D eigenvalue weighted by molar-refractivity contribution is 5.92. The molecule has 94 valence electrons. The van der Waals surface area contributed by atoms with Crippen LogP contribution in [0.15, 0.2) is 12.3 Å². The van der Waals surface area contributed by atoms with Gasteiger partial charge in [0.05, 0.1) is 6.10 Å². The molecule has 1 saturated heterocycles. The highest BCUT2D eigenvalue weighted by Gasteiger charge is 2.31. The molecule has 1 amide bonds. The van der Waals surface area contributed by atoms with Crippen molar-refractivity contribution in [2.45, 2.75) is 24.7 Å². The molecule has 2 heterocycles. The lowest BCUT2D eigenvalue weighted by atomic mass is 10.0. The molecule has 7 nitrogen and oxygen atoms in total. The number of carbonyl (C=O) groups is 1. The maximum atomic E-state index is 11.6. The Kier molecular flexibility index (Phi) is 3.72. The molecule has 0 radical (unpaired) electrons. The Hall–Kier alpha value is -1.44. The minimum atomic E-state index is -0.967. The number of aliphatic hydroxyl groups is 2. The Balaban J connectivity index is 1.83. The Morgan fingerprint density at radius 2 is 2.47 bits per heavy atom. The van der Waals surface area contributed by atoms with E-state index in [1.165, 1.54) is 6.20 Å². The summed E-state index contributed by atoms with van der Waals surface area (Å²) in [5, 5.41) is 27.9. The zero-order valence-corrected chi connectivity index (χ0v) is 9.17. The summed E-state index contributed by atoms with van der Waals surface area (Å²) in [6.45, 7) is 0.527. The lowest BCUT2D eigenvalue weighted by Gasteiger charge is -2.31.